The molecule has 0 aliphatic rings. The standard InChI is InChI=1S/C6H6BrClN2.ClH/c7-6-5(8)1-4(2-9)3-10-6;/h1,3H,2,9H2;1H. The van der Waals surface area contributed by atoms with Gasteiger partial charge in [0.05, 0.1) is 5.02 Å². The molecule has 1 aromatic rings. The maximum atomic E-state index is 5.73. The van der Waals surface area contributed by atoms with Crippen molar-refractivity contribution in [2.24, 2.45) is 5.73 Å². The predicted octanol–water partition coefficient (Wildman–Crippen LogP) is 2.38. The van der Waals surface area contributed by atoms with E-state index < -0.39 is 0 Å². The summed E-state index contributed by atoms with van der Waals surface area (Å²) in [6.45, 7) is 0.472. The molecule has 1 rings (SSSR count). The Morgan fingerprint density at radius 3 is 2.73 bits per heavy atom. The molecule has 0 fully saturated rings. The topological polar surface area (TPSA) is 38.9 Å². The molecule has 0 atom stereocenters. The van der Waals surface area contributed by atoms with Gasteiger partial charge in [-0.1, -0.05) is 11.6 Å². The zero-order chi connectivity index (χ0) is 7.56. The maximum absolute atomic E-state index is 5.73. The van der Waals surface area contributed by atoms with Gasteiger partial charge in [0.15, 0.2) is 0 Å². The van der Waals surface area contributed by atoms with Crippen molar-refractivity contribution in [1.29, 1.82) is 0 Å². The first-order valence-corrected chi connectivity index (χ1v) is 3.91. The highest BCUT2D eigenvalue weighted by Gasteiger charge is 1.97. The van der Waals surface area contributed by atoms with E-state index in [4.69, 9.17) is 17.3 Å². The normalized spacial score (nSPS) is 9.00. The molecule has 2 nitrogen and oxygen atoms in total. The summed E-state index contributed by atoms with van der Waals surface area (Å²) >= 11 is 8.90. The first kappa shape index (κ1) is 11.2. The second-order valence-electron chi connectivity index (χ2n) is 1.82. The minimum absolute atomic E-state index is 0. The van der Waals surface area contributed by atoms with Crippen LogP contribution in [-0.4, -0.2) is 4.98 Å². The van der Waals surface area contributed by atoms with Crippen LogP contribution in [0.15, 0.2) is 16.9 Å². The summed E-state index contributed by atoms with van der Waals surface area (Å²) in [5, 5.41) is 0.600. The Kier molecular flexibility index (Phi) is 5.01. The van der Waals surface area contributed by atoms with Crippen molar-refractivity contribution in [3.8, 4) is 0 Å². The quantitative estimate of drug-likeness (QED) is 0.785. The third-order valence-corrected chi connectivity index (χ3v) is 2.24. The van der Waals surface area contributed by atoms with Crippen LogP contribution in [0.2, 0.25) is 5.02 Å². The Bertz CT molecular complexity index is 242. The number of aromatic nitrogens is 1. The molecule has 62 valence electrons. The fourth-order valence-electron chi connectivity index (χ4n) is 0.572. The highest BCUT2D eigenvalue weighted by molar-refractivity contribution is 9.10. The number of pyridine rings is 1. The molecule has 0 unspecified atom stereocenters. The van der Waals surface area contributed by atoms with Gasteiger partial charge in [0.25, 0.3) is 0 Å². The molecule has 0 saturated carbocycles. The van der Waals surface area contributed by atoms with E-state index >= 15 is 0 Å². The second kappa shape index (κ2) is 4.93. The molecule has 2 N–H and O–H groups in total. The number of halogens is 3. The number of nitrogens with two attached hydrogens (primary N) is 1. The monoisotopic (exact) mass is 256 g/mol. The fraction of sp³-hybridized carbons (Fsp3) is 0.167. The lowest BCUT2D eigenvalue weighted by atomic mass is 10.3. The molecule has 0 aromatic carbocycles. The van der Waals surface area contributed by atoms with Gasteiger partial charge in [-0.3, -0.25) is 0 Å². The third-order valence-electron chi connectivity index (χ3n) is 1.09. The summed E-state index contributed by atoms with van der Waals surface area (Å²) in [5.41, 5.74) is 6.29. The van der Waals surface area contributed by atoms with Crippen molar-refractivity contribution in [2.75, 3.05) is 0 Å². The molecule has 0 bridgehead atoms. The minimum Gasteiger partial charge on any atom is -0.326 e. The van der Waals surface area contributed by atoms with Gasteiger partial charge < -0.3 is 5.73 Å². The van der Waals surface area contributed by atoms with E-state index in [0.29, 0.717) is 16.2 Å². The number of hydrogen-bond donors (Lipinski definition) is 1. The number of nitrogens with zero attached hydrogens (tertiary/aromatic N) is 1. The van der Waals surface area contributed by atoms with Crippen LogP contribution >= 0.6 is 39.9 Å². The van der Waals surface area contributed by atoms with Crippen LogP contribution in [0.1, 0.15) is 5.56 Å². The number of hydrogen-bond acceptors (Lipinski definition) is 2. The van der Waals surface area contributed by atoms with Gasteiger partial charge in [-0.2, -0.15) is 0 Å². The van der Waals surface area contributed by atoms with E-state index in [0.717, 1.165) is 5.56 Å². The van der Waals surface area contributed by atoms with Gasteiger partial charge in [-0.25, -0.2) is 4.98 Å². The lowest BCUT2D eigenvalue weighted by Crippen LogP contribution is -1.96. The minimum atomic E-state index is 0. The van der Waals surface area contributed by atoms with Crippen LogP contribution in [0.3, 0.4) is 0 Å². The molecule has 0 saturated heterocycles. The molecule has 0 amide bonds. The second-order valence-corrected chi connectivity index (χ2v) is 2.98. The Labute approximate surface area is 84.7 Å². The van der Waals surface area contributed by atoms with E-state index in [1.54, 1.807) is 12.3 Å². The SMILES string of the molecule is Cl.NCc1cnc(Br)c(Cl)c1. The maximum Gasteiger partial charge on any atom is 0.124 e. The average Bonchev–Trinajstić information content (AvgIpc) is 1.95. The van der Waals surface area contributed by atoms with Crippen molar-refractivity contribution < 1.29 is 0 Å². The van der Waals surface area contributed by atoms with E-state index in [1.807, 2.05) is 0 Å². The molecule has 0 aliphatic heterocycles. The van der Waals surface area contributed by atoms with Crippen LogP contribution < -0.4 is 5.73 Å². The Morgan fingerprint density at radius 2 is 2.27 bits per heavy atom. The highest BCUT2D eigenvalue weighted by Crippen LogP contribution is 2.19. The number of rotatable bonds is 1. The van der Waals surface area contributed by atoms with Gasteiger partial charge in [0, 0.05) is 12.7 Å². The predicted molar refractivity (Wildman–Crippen MR) is 52.1 cm³/mol. The van der Waals surface area contributed by atoms with Crippen molar-refractivity contribution in [1.82, 2.24) is 4.98 Å². The van der Waals surface area contributed by atoms with Gasteiger partial charge in [-0.05, 0) is 27.6 Å². The Balaban J connectivity index is 0.000001000. The molecule has 5 heteroatoms. The van der Waals surface area contributed by atoms with E-state index in [2.05, 4.69) is 20.9 Å². The van der Waals surface area contributed by atoms with Crippen LogP contribution in [0, 0.1) is 0 Å². The van der Waals surface area contributed by atoms with E-state index in [1.165, 1.54) is 0 Å². The smallest absolute Gasteiger partial charge is 0.124 e. The average molecular weight is 258 g/mol. The molecule has 0 spiro atoms. The first-order valence-electron chi connectivity index (χ1n) is 2.74. The molecule has 1 heterocycles. The Hall–Kier alpha value is 0.170. The van der Waals surface area contributed by atoms with Crippen LogP contribution in [0.4, 0.5) is 0 Å². The van der Waals surface area contributed by atoms with Crippen molar-refractivity contribution in [3.05, 3.63) is 27.5 Å². The van der Waals surface area contributed by atoms with Crippen molar-refractivity contribution in [3.63, 3.8) is 0 Å². The first-order chi connectivity index (χ1) is 4.74. The van der Waals surface area contributed by atoms with Crippen LogP contribution in [0.25, 0.3) is 0 Å². The van der Waals surface area contributed by atoms with E-state index in [-0.39, 0.29) is 12.4 Å². The molecule has 0 aliphatic carbocycles. The van der Waals surface area contributed by atoms with Gasteiger partial charge in [-0.15, -0.1) is 12.4 Å². The Morgan fingerprint density at radius 1 is 1.64 bits per heavy atom. The lowest BCUT2D eigenvalue weighted by Gasteiger charge is -1.97. The van der Waals surface area contributed by atoms with Gasteiger partial charge in [0.1, 0.15) is 4.60 Å². The summed E-state index contributed by atoms with van der Waals surface area (Å²) in [6, 6.07) is 1.79. The molecule has 1 aromatic heterocycles. The highest BCUT2D eigenvalue weighted by atomic mass is 79.9. The van der Waals surface area contributed by atoms with Crippen molar-refractivity contribution in [2.45, 2.75) is 6.54 Å². The zero-order valence-electron chi connectivity index (χ0n) is 5.55. The van der Waals surface area contributed by atoms with Gasteiger partial charge in [0.2, 0.25) is 0 Å². The molecular weight excluding hydrogens is 251 g/mol. The van der Waals surface area contributed by atoms with Crippen LogP contribution in [0.5, 0.6) is 0 Å². The molecule has 0 radical (unpaired) electrons. The molecule has 11 heavy (non-hydrogen) atoms. The summed E-state index contributed by atoms with van der Waals surface area (Å²) < 4.78 is 0.659. The summed E-state index contributed by atoms with van der Waals surface area (Å²) in [4.78, 5) is 3.95. The van der Waals surface area contributed by atoms with Gasteiger partial charge >= 0.3 is 0 Å². The summed E-state index contributed by atoms with van der Waals surface area (Å²) in [6.07, 6.45) is 1.69. The summed E-state index contributed by atoms with van der Waals surface area (Å²) in [7, 11) is 0. The summed E-state index contributed by atoms with van der Waals surface area (Å²) in [5.74, 6) is 0. The zero-order valence-corrected chi connectivity index (χ0v) is 8.71. The third kappa shape index (κ3) is 2.95. The fourth-order valence-corrected chi connectivity index (χ4v) is 0.978. The van der Waals surface area contributed by atoms with Crippen molar-refractivity contribution >= 4 is 39.9 Å². The largest absolute Gasteiger partial charge is 0.326 e. The molecular formula is C6H7BrCl2N2. The van der Waals surface area contributed by atoms with Crippen LogP contribution in [-0.2, 0) is 6.54 Å². The lowest BCUT2D eigenvalue weighted by molar-refractivity contribution is 1.04. The van der Waals surface area contributed by atoms with E-state index in [9.17, 15) is 0 Å².